The molecule has 0 amide bonds. The lowest BCUT2D eigenvalue weighted by Crippen LogP contribution is -2.48. The number of aromatic nitrogens is 2. The van der Waals surface area contributed by atoms with E-state index in [1.807, 2.05) is 6.92 Å². The van der Waals surface area contributed by atoms with E-state index in [1.165, 1.54) is 16.8 Å². The Bertz CT molecular complexity index is 576. The lowest BCUT2D eigenvalue weighted by Gasteiger charge is -2.30. The highest BCUT2D eigenvalue weighted by atomic mass is 19.1. The van der Waals surface area contributed by atoms with Gasteiger partial charge in [-0.05, 0) is 12.5 Å². The molecule has 0 bridgehead atoms. The molecule has 7 nitrogen and oxygen atoms in total. The molecule has 1 aromatic rings. The van der Waals surface area contributed by atoms with Crippen LogP contribution in [0.2, 0.25) is 0 Å². The first-order chi connectivity index (χ1) is 11.0. The summed E-state index contributed by atoms with van der Waals surface area (Å²) in [7, 11) is 0. The van der Waals surface area contributed by atoms with Gasteiger partial charge in [0.1, 0.15) is 24.3 Å². The molecule has 3 N–H and O–H groups in total. The van der Waals surface area contributed by atoms with Crippen LogP contribution in [0.4, 0.5) is 10.2 Å². The smallest absolute Gasteiger partial charge is 0.351 e. The number of aliphatic hydroxyl groups excluding tert-OH is 1. The standard InChI is InChI=1S/C15H24FN3O4/c1-3-4-7-22-12-10(2)13(23-15(12,8-16)9-20)19-6-5-11(17)18-14(19)21/h5-6,10,12-13,20H,3-4,7-9H2,1-2H3,(H2,17,18,21)/t10-,12-,13+,15+/m0/s1. The number of halogens is 1. The lowest BCUT2D eigenvalue weighted by atomic mass is 9.92. The maximum atomic E-state index is 13.7. The number of hydrogen-bond acceptors (Lipinski definition) is 6. The first-order valence-electron chi connectivity index (χ1n) is 7.80. The highest BCUT2D eigenvalue weighted by molar-refractivity contribution is 5.23. The minimum Gasteiger partial charge on any atom is -0.393 e. The van der Waals surface area contributed by atoms with Crippen molar-refractivity contribution in [1.29, 1.82) is 0 Å². The normalized spacial score (nSPS) is 30.7. The second kappa shape index (κ2) is 7.37. The van der Waals surface area contributed by atoms with Crippen LogP contribution in [0.25, 0.3) is 0 Å². The third-order valence-corrected chi connectivity index (χ3v) is 4.22. The molecule has 0 saturated carbocycles. The molecule has 2 heterocycles. The van der Waals surface area contributed by atoms with Gasteiger partial charge in [0.15, 0.2) is 0 Å². The molecular formula is C15H24FN3O4. The van der Waals surface area contributed by atoms with Gasteiger partial charge >= 0.3 is 5.69 Å². The molecule has 0 unspecified atom stereocenters. The van der Waals surface area contributed by atoms with Gasteiger partial charge in [-0.2, -0.15) is 4.98 Å². The fourth-order valence-corrected chi connectivity index (χ4v) is 2.91. The van der Waals surface area contributed by atoms with E-state index in [0.29, 0.717) is 6.61 Å². The van der Waals surface area contributed by atoms with E-state index < -0.39 is 36.9 Å². The number of ether oxygens (including phenoxy) is 2. The van der Waals surface area contributed by atoms with Gasteiger partial charge in [-0.25, -0.2) is 9.18 Å². The van der Waals surface area contributed by atoms with Crippen molar-refractivity contribution in [2.24, 2.45) is 5.92 Å². The summed E-state index contributed by atoms with van der Waals surface area (Å²) in [6.45, 7) is 2.83. The summed E-state index contributed by atoms with van der Waals surface area (Å²) < 4.78 is 26.4. The number of nitrogens with zero attached hydrogens (tertiary/aromatic N) is 2. The second-order valence-corrected chi connectivity index (χ2v) is 5.91. The van der Waals surface area contributed by atoms with Crippen LogP contribution >= 0.6 is 0 Å². The summed E-state index contributed by atoms with van der Waals surface area (Å²) in [5.74, 6) is -0.232. The lowest BCUT2D eigenvalue weighted by molar-refractivity contribution is -0.150. The Morgan fingerprint density at radius 3 is 2.91 bits per heavy atom. The summed E-state index contributed by atoms with van der Waals surface area (Å²) in [5, 5.41) is 9.67. The SMILES string of the molecule is CCCCO[C@H]1[C@H](C)[C@H](n2ccc(N)nc2=O)O[C@@]1(CO)CF. The Labute approximate surface area is 134 Å². The van der Waals surface area contributed by atoms with Crippen molar-refractivity contribution in [3.05, 3.63) is 22.7 Å². The second-order valence-electron chi connectivity index (χ2n) is 5.91. The first-order valence-corrected chi connectivity index (χ1v) is 7.80. The van der Waals surface area contributed by atoms with Crippen LogP contribution in [0, 0.1) is 5.92 Å². The Balaban J connectivity index is 2.31. The average Bonchev–Trinajstić information content (AvgIpc) is 2.81. The minimum absolute atomic E-state index is 0.103. The first kappa shape index (κ1) is 17.8. The van der Waals surface area contributed by atoms with E-state index in [0.717, 1.165) is 12.8 Å². The van der Waals surface area contributed by atoms with Crippen LogP contribution in [0.3, 0.4) is 0 Å². The summed E-state index contributed by atoms with van der Waals surface area (Å²) >= 11 is 0. The summed E-state index contributed by atoms with van der Waals surface area (Å²) in [4.78, 5) is 15.7. The van der Waals surface area contributed by atoms with Crippen molar-refractivity contribution < 1.29 is 19.0 Å². The van der Waals surface area contributed by atoms with E-state index in [4.69, 9.17) is 15.2 Å². The maximum Gasteiger partial charge on any atom is 0.351 e. The Hall–Kier alpha value is -1.51. The van der Waals surface area contributed by atoms with E-state index in [1.54, 1.807) is 6.92 Å². The number of aliphatic hydroxyl groups is 1. The number of rotatable bonds is 7. The van der Waals surface area contributed by atoms with Gasteiger partial charge in [0.25, 0.3) is 0 Å². The van der Waals surface area contributed by atoms with E-state index in [9.17, 15) is 14.3 Å². The van der Waals surface area contributed by atoms with Gasteiger partial charge in [0.2, 0.25) is 0 Å². The molecule has 1 aliphatic heterocycles. The van der Waals surface area contributed by atoms with E-state index in [-0.39, 0.29) is 11.7 Å². The molecule has 23 heavy (non-hydrogen) atoms. The molecule has 1 saturated heterocycles. The van der Waals surface area contributed by atoms with Gasteiger partial charge in [0.05, 0.1) is 12.7 Å². The highest BCUT2D eigenvalue weighted by Crippen LogP contribution is 2.42. The predicted molar refractivity (Wildman–Crippen MR) is 82.6 cm³/mol. The highest BCUT2D eigenvalue weighted by Gasteiger charge is 2.55. The van der Waals surface area contributed by atoms with Gasteiger partial charge in [-0.15, -0.1) is 0 Å². The molecular weight excluding hydrogens is 305 g/mol. The third kappa shape index (κ3) is 3.39. The maximum absolute atomic E-state index is 13.7. The van der Waals surface area contributed by atoms with Crippen LogP contribution in [-0.2, 0) is 9.47 Å². The number of nitrogen functional groups attached to an aromatic ring is 1. The average molecular weight is 329 g/mol. The monoisotopic (exact) mass is 329 g/mol. The van der Waals surface area contributed by atoms with Gasteiger partial charge in [-0.1, -0.05) is 20.3 Å². The van der Waals surface area contributed by atoms with Crippen LogP contribution in [0.1, 0.15) is 32.9 Å². The molecule has 0 aliphatic carbocycles. The molecule has 130 valence electrons. The molecule has 1 aromatic heterocycles. The van der Waals surface area contributed by atoms with Crippen LogP contribution in [0.15, 0.2) is 17.1 Å². The topological polar surface area (TPSA) is 99.6 Å². The van der Waals surface area contributed by atoms with Crippen LogP contribution in [0.5, 0.6) is 0 Å². The molecule has 4 atom stereocenters. The number of unbranched alkanes of at least 4 members (excludes halogenated alkanes) is 1. The molecule has 2 rings (SSSR count). The fourth-order valence-electron chi connectivity index (χ4n) is 2.91. The molecule has 0 aromatic carbocycles. The summed E-state index contributed by atoms with van der Waals surface area (Å²) in [5.41, 5.74) is 3.43. The molecule has 8 heteroatoms. The molecule has 0 spiro atoms. The largest absolute Gasteiger partial charge is 0.393 e. The Morgan fingerprint density at radius 2 is 2.35 bits per heavy atom. The van der Waals surface area contributed by atoms with Crippen molar-refractivity contribution in [2.75, 3.05) is 25.6 Å². The van der Waals surface area contributed by atoms with Gasteiger partial charge in [0, 0.05) is 18.7 Å². The zero-order chi connectivity index (χ0) is 17.0. The van der Waals surface area contributed by atoms with Crippen LogP contribution in [-0.4, -0.2) is 46.3 Å². The quantitative estimate of drug-likeness (QED) is 0.720. The summed E-state index contributed by atoms with van der Waals surface area (Å²) in [6.07, 6.45) is 1.80. The minimum atomic E-state index is -1.47. The van der Waals surface area contributed by atoms with Crippen molar-refractivity contribution in [1.82, 2.24) is 9.55 Å². The summed E-state index contributed by atoms with van der Waals surface area (Å²) in [6, 6.07) is 1.47. The van der Waals surface area contributed by atoms with Crippen molar-refractivity contribution in [2.45, 2.75) is 44.6 Å². The number of nitrogens with two attached hydrogens (primary N) is 1. The fraction of sp³-hybridized carbons (Fsp3) is 0.733. The zero-order valence-electron chi connectivity index (χ0n) is 13.4. The number of hydrogen-bond donors (Lipinski definition) is 2. The Morgan fingerprint density at radius 1 is 1.61 bits per heavy atom. The Kier molecular flexibility index (Phi) is 5.72. The van der Waals surface area contributed by atoms with E-state index >= 15 is 0 Å². The molecule has 0 radical (unpaired) electrons. The third-order valence-electron chi connectivity index (χ3n) is 4.22. The van der Waals surface area contributed by atoms with Crippen molar-refractivity contribution in [3.8, 4) is 0 Å². The van der Waals surface area contributed by atoms with E-state index in [2.05, 4.69) is 4.98 Å². The zero-order valence-corrected chi connectivity index (χ0v) is 13.4. The van der Waals surface area contributed by atoms with Crippen LogP contribution < -0.4 is 11.4 Å². The number of anilines is 1. The van der Waals surface area contributed by atoms with Crippen molar-refractivity contribution >= 4 is 5.82 Å². The predicted octanol–water partition coefficient (Wildman–Crippen LogP) is 0.876. The molecule has 1 aliphatic rings. The van der Waals surface area contributed by atoms with Crippen molar-refractivity contribution in [3.63, 3.8) is 0 Å². The van der Waals surface area contributed by atoms with Gasteiger partial charge in [-0.3, -0.25) is 4.57 Å². The molecule has 1 fully saturated rings. The number of alkyl halides is 1. The van der Waals surface area contributed by atoms with Gasteiger partial charge < -0.3 is 20.3 Å².